The molecule has 0 aromatic carbocycles. The molecule has 0 atom stereocenters. The average molecular weight is 128 g/mol. The number of carbonyl (C=O) groups excluding carboxylic acids is 1. The summed E-state index contributed by atoms with van der Waals surface area (Å²) in [6.07, 6.45) is 4.81. The molecule has 0 saturated heterocycles. The summed E-state index contributed by atoms with van der Waals surface area (Å²) in [5.41, 5.74) is 0. The Morgan fingerprint density at radius 1 is 1.67 bits per heavy atom. The van der Waals surface area contributed by atoms with Gasteiger partial charge in [-0.25, -0.2) is 0 Å². The second-order valence-corrected chi connectivity index (χ2v) is 1.91. The van der Waals surface area contributed by atoms with Crippen molar-refractivity contribution in [2.45, 2.75) is 12.8 Å². The molecule has 1 aliphatic rings. The maximum absolute atomic E-state index is 8.95. The van der Waals surface area contributed by atoms with Crippen molar-refractivity contribution < 1.29 is 9.53 Å². The van der Waals surface area contributed by atoms with Crippen LogP contribution < -0.4 is 0 Å². The number of rotatable bonds is 2. The predicted molar refractivity (Wildman–Crippen MR) is 36.0 cm³/mol. The Bertz CT molecular complexity index is 84.9. The first-order valence-corrected chi connectivity index (χ1v) is 2.94. The maximum Gasteiger partial charge on any atom is 0.292 e. The van der Waals surface area contributed by atoms with Crippen LogP contribution in [-0.2, 0) is 9.53 Å². The number of allylic oxidation sites excluding steroid dienone is 1. The van der Waals surface area contributed by atoms with E-state index in [0.29, 0.717) is 6.47 Å². The van der Waals surface area contributed by atoms with Crippen LogP contribution in [0.25, 0.3) is 0 Å². The average Bonchev–Trinajstić information content (AvgIpc) is 2.70. The van der Waals surface area contributed by atoms with E-state index < -0.39 is 0 Å². The lowest BCUT2D eigenvalue weighted by atomic mass is 10.4. The Kier molecular flexibility index (Phi) is 4.88. The normalized spacial score (nSPS) is 14.8. The van der Waals surface area contributed by atoms with Crippen molar-refractivity contribution in [3.63, 3.8) is 0 Å². The van der Waals surface area contributed by atoms with Gasteiger partial charge in [0.25, 0.3) is 6.47 Å². The molecule has 0 spiro atoms. The lowest BCUT2D eigenvalue weighted by molar-refractivity contribution is -0.126. The van der Waals surface area contributed by atoms with E-state index in [2.05, 4.69) is 11.3 Å². The zero-order chi connectivity index (χ0) is 7.11. The van der Waals surface area contributed by atoms with Crippen molar-refractivity contribution in [3.05, 3.63) is 12.7 Å². The second-order valence-electron chi connectivity index (χ2n) is 1.91. The fraction of sp³-hybridized carbons (Fsp3) is 0.571. The van der Waals surface area contributed by atoms with Crippen LogP contribution in [0.2, 0.25) is 0 Å². The smallest absolute Gasteiger partial charge is 0.292 e. The lowest BCUT2D eigenvalue weighted by Crippen LogP contribution is -1.68. The van der Waals surface area contributed by atoms with Crippen LogP contribution in [0.1, 0.15) is 12.8 Å². The predicted octanol–water partition coefficient (Wildman–Crippen LogP) is 1.37. The minimum absolute atomic E-state index is 0.375. The molecule has 2 nitrogen and oxygen atoms in total. The standard InChI is InChI=1S/C5H8.C2H4O2/c1-2-5-3-4-5;1-4-2-3/h2,5H,1,3-4H2;2H,1H3. The molecular formula is C7H12O2. The molecule has 1 aliphatic carbocycles. The molecule has 0 radical (unpaired) electrons. The first-order valence-electron chi connectivity index (χ1n) is 2.94. The number of hydrogen-bond acceptors (Lipinski definition) is 2. The summed E-state index contributed by atoms with van der Waals surface area (Å²) in [5, 5.41) is 0. The van der Waals surface area contributed by atoms with Gasteiger partial charge in [-0.3, -0.25) is 4.79 Å². The molecule has 52 valence electrons. The fourth-order valence-electron chi connectivity index (χ4n) is 0.332. The van der Waals surface area contributed by atoms with Crippen LogP contribution in [0.3, 0.4) is 0 Å². The molecule has 0 heterocycles. The summed E-state index contributed by atoms with van der Waals surface area (Å²) in [7, 11) is 1.31. The fourth-order valence-corrected chi connectivity index (χ4v) is 0.332. The van der Waals surface area contributed by atoms with Crippen LogP contribution in [0.15, 0.2) is 12.7 Å². The number of ether oxygens (including phenoxy) is 1. The summed E-state index contributed by atoms with van der Waals surface area (Å²) in [5.74, 6) is 0.898. The van der Waals surface area contributed by atoms with Crippen molar-refractivity contribution in [2.24, 2.45) is 5.92 Å². The van der Waals surface area contributed by atoms with E-state index in [1.807, 2.05) is 6.08 Å². The van der Waals surface area contributed by atoms with Gasteiger partial charge < -0.3 is 4.74 Å². The van der Waals surface area contributed by atoms with Gasteiger partial charge in [0.05, 0.1) is 7.11 Å². The molecule has 0 aromatic rings. The van der Waals surface area contributed by atoms with E-state index in [0.717, 1.165) is 5.92 Å². The summed E-state index contributed by atoms with van der Waals surface area (Å²) in [6, 6.07) is 0. The molecule has 2 heteroatoms. The first-order chi connectivity index (χ1) is 4.35. The molecular weight excluding hydrogens is 116 g/mol. The Hall–Kier alpha value is -0.790. The summed E-state index contributed by atoms with van der Waals surface area (Å²) in [4.78, 5) is 8.95. The number of carbonyl (C=O) groups is 1. The zero-order valence-electron chi connectivity index (χ0n) is 5.67. The Morgan fingerprint density at radius 2 is 2.11 bits per heavy atom. The molecule has 0 unspecified atom stereocenters. The van der Waals surface area contributed by atoms with E-state index in [1.165, 1.54) is 20.0 Å². The van der Waals surface area contributed by atoms with Crippen LogP contribution >= 0.6 is 0 Å². The topological polar surface area (TPSA) is 26.3 Å². The SMILES string of the molecule is C=CC1CC1.COC=O. The molecule has 9 heavy (non-hydrogen) atoms. The van der Waals surface area contributed by atoms with Crippen molar-refractivity contribution in [1.29, 1.82) is 0 Å². The van der Waals surface area contributed by atoms with Crippen molar-refractivity contribution >= 4 is 6.47 Å². The van der Waals surface area contributed by atoms with Gasteiger partial charge in [0.2, 0.25) is 0 Å². The number of methoxy groups -OCH3 is 1. The summed E-state index contributed by atoms with van der Waals surface area (Å²) >= 11 is 0. The zero-order valence-corrected chi connectivity index (χ0v) is 5.67. The quantitative estimate of drug-likeness (QED) is 0.414. The van der Waals surface area contributed by atoms with E-state index in [4.69, 9.17) is 4.79 Å². The Labute approximate surface area is 55.5 Å². The van der Waals surface area contributed by atoms with E-state index in [-0.39, 0.29) is 0 Å². The third kappa shape index (κ3) is 7.21. The van der Waals surface area contributed by atoms with Gasteiger partial charge in [-0.2, -0.15) is 0 Å². The maximum atomic E-state index is 8.95. The van der Waals surface area contributed by atoms with Crippen molar-refractivity contribution in [3.8, 4) is 0 Å². The molecule has 0 bridgehead atoms. The van der Waals surface area contributed by atoms with Gasteiger partial charge in [-0.15, -0.1) is 6.58 Å². The largest absolute Gasteiger partial charge is 0.471 e. The summed E-state index contributed by atoms with van der Waals surface area (Å²) < 4.78 is 3.86. The molecule has 1 fully saturated rings. The van der Waals surface area contributed by atoms with Gasteiger partial charge in [0.1, 0.15) is 0 Å². The third-order valence-corrected chi connectivity index (χ3v) is 1.05. The van der Waals surface area contributed by atoms with Crippen LogP contribution in [0, 0.1) is 5.92 Å². The highest BCUT2D eigenvalue weighted by molar-refractivity contribution is 5.36. The van der Waals surface area contributed by atoms with Crippen LogP contribution in [0.4, 0.5) is 0 Å². The molecule has 1 rings (SSSR count). The van der Waals surface area contributed by atoms with Gasteiger partial charge in [0, 0.05) is 0 Å². The van der Waals surface area contributed by atoms with Gasteiger partial charge in [-0.1, -0.05) is 6.08 Å². The van der Waals surface area contributed by atoms with Crippen LogP contribution in [0.5, 0.6) is 0 Å². The minimum atomic E-state index is 0.375. The van der Waals surface area contributed by atoms with Gasteiger partial charge in [-0.05, 0) is 18.8 Å². The Morgan fingerprint density at radius 3 is 2.11 bits per heavy atom. The summed E-state index contributed by atoms with van der Waals surface area (Å²) in [6.45, 7) is 4.00. The lowest BCUT2D eigenvalue weighted by Gasteiger charge is -1.67. The molecule has 0 aliphatic heterocycles. The molecule has 0 amide bonds. The molecule has 0 N–H and O–H groups in total. The Balaban J connectivity index is 0.000000148. The van der Waals surface area contributed by atoms with Crippen molar-refractivity contribution in [1.82, 2.24) is 0 Å². The van der Waals surface area contributed by atoms with Crippen molar-refractivity contribution in [2.75, 3.05) is 7.11 Å². The number of hydrogen-bond donors (Lipinski definition) is 0. The molecule has 0 aromatic heterocycles. The van der Waals surface area contributed by atoms with E-state index in [1.54, 1.807) is 0 Å². The van der Waals surface area contributed by atoms with Gasteiger partial charge in [0.15, 0.2) is 0 Å². The van der Waals surface area contributed by atoms with Crippen LogP contribution in [-0.4, -0.2) is 13.6 Å². The first kappa shape index (κ1) is 8.21. The molecule has 1 saturated carbocycles. The van der Waals surface area contributed by atoms with Gasteiger partial charge >= 0.3 is 0 Å². The highest BCUT2D eigenvalue weighted by Crippen LogP contribution is 2.28. The highest BCUT2D eigenvalue weighted by Gasteiger charge is 2.15. The third-order valence-electron chi connectivity index (χ3n) is 1.05. The second kappa shape index (κ2) is 5.35. The minimum Gasteiger partial charge on any atom is -0.471 e. The van der Waals surface area contributed by atoms with E-state index in [9.17, 15) is 0 Å². The van der Waals surface area contributed by atoms with E-state index >= 15 is 0 Å². The highest BCUT2D eigenvalue weighted by atomic mass is 16.5. The monoisotopic (exact) mass is 128 g/mol.